The fourth-order valence-electron chi connectivity index (χ4n) is 5.12. The van der Waals surface area contributed by atoms with E-state index in [-0.39, 0.29) is 0 Å². The lowest BCUT2D eigenvalue weighted by Gasteiger charge is -2.14. The Kier molecular flexibility index (Phi) is 5.26. The average Bonchev–Trinajstić information content (AvgIpc) is 3.50. The Labute approximate surface area is 206 Å². The Morgan fingerprint density at radius 2 is 0.816 bits per heavy atom. The number of rotatable bonds is 0. The molecule has 0 spiro atoms. The van der Waals surface area contributed by atoms with Crippen molar-refractivity contribution in [2.45, 2.75) is 12.8 Å². The van der Waals surface area contributed by atoms with E-state index in [2.05, 4.69) is 9.69 Å². The molecular formula is C26H4F8N4. The van der Waals surface area contributed by atoms with Gasteiger partial charge in [0.15, 0.2) is 46.5 Å². The molecule has 0 unspecified atom stereocenters. The summed E-state index contributed by atoms with van der Waals surface area (Å²) in [5.74, 6) is -16.3. The molecule has 0 amide bonds. The van der Waals surface area contributed by atoms with Crippen LogP contribution in [0.25, 0.3) is 43.3 Å². The number of hydrogen-bond acceptors (Lipinski definition) is 2. The summed E-state index contributed by atoms with van der Waals surface area (Å²) in [7, 11) is 0. The van der Waals surface area contributed by atoms with Gasteiger partial charge in [0.25, 0.3) is 11.4 Å². The zero-order valence-corrected chi connectivity index (χ0v) is 18.2. The molecule has 3 aromatic rings. The number of nitrogens with zero attached hydrogens (tertiary/aromatic N) is 4. The number of nitriles is 2. The predicted molar refractivity (Wildman–Crippen MR) is 113 cm³/mol. The molecule has 0 bridgehead atoms. The van der Waals surface area contributed by atoms with Crippen molar-refractivity contribution in [1.29, 1.82) is 10.5 Å². The Morgan fingerprint density at radius 3 is 1.11 bits per heavy atom. The van der Waals surface area contributed by atoms with Crippen LogP contribution < -0.4 is 10.4 Å². The lowest BCUT2D eigenvalue weighted by molar-refractivity contribution is 0.407. The number of benzene rings is 3. The maximum absolute atomic E-state index is 15.1. The second-order valence-corrected chi connectivity index (χ2v) is 8.17. The molecule has 2 aliphatic carbocycles. The van der Waals surface area contributed by atoms with Gasteiger partial charge in [-0.15, -0.1) is 0 Å². The van der Waals surface area contributed by atoms with Crippen molar-refractivity contribution in [3.63, 3.8) is 0 Å². The Bertz CT molecular complexity index is 1820. The molecule has 4 nitrogen and oxygen atoms in total. The summed E-state index contributed by atoms with van der Waals surface area (Å²) in [6.07, 6.45) is -1.67. The second kappa shape index (κ2) is 8.16. The first-order valence-electron chi connectivity index (χ1n) is 10.3. The summed E-state index contributed by atoms with van der Waals surface area (Å²) in [5, 5.41) is 18.1. The Balaban J connectivity index is 2.20. The van der Waals surface area contributed by atoms with Crippen LogP contribution in [0.5, 0.6) is 0 Å². The summed E-state index contributed by atoms with van der Waals surface area (Å²) in [6, 6.07) is 2.97. The van der Waals surface area contributed by atoms with Crippen LogP contribution in [0.3, 0.4) is 0 Å². The van der Waals surface area contributed by atoms with E-state index in [1.165, 1.54) is 12.1 Å². The molecule has 38 heavy (non-hydrogen) atoms. The highest BCUT2D eigenvalue weighted by Crippen LogP contribution is 2.45. The van der Waals surface area contributed by atoms with E-state index in [1.807, 2.05) is 0 Å². The quantitative estimate of drug-likeness (QED) is 0.123. The lowest BCUT2D eigenvalue weighted by atomic mass is 9.90. The van der Waals surface area contributed by atoms with Crippen molar-refractivity contribution in [2.24, 2.45) is 0 Å². The fraction of sp³-hybridized carbons (Fsp3) is 0.0769. The number of halogens is 8. The highest BCUT2D eigenvalue weighted by atomic mass is 19.2. The third kappa shape index (κ3) is 2.80. The van der Waals surface area contributed by atoms with Crippen LogP contribution in [-0.4, -0.2) is 0 Å². The molecule has 0 fully saturated rings. The van der Waals surface area contributed by atoms with Gasteiger partial charge in [0.05, 0.1) is 25.3 Å². The van der Waals surface area contributed by atoms with Gasteiger partial charge in [-0.1, -0.05) is 0 Å². The van der Waals surface area contributed by atoms with Gasteiger partial charge in [-0.05, 0) is 22.3 Å². The number of fused-ring (bicyclic) bond motifs is 6. The molecule has 0 atom stereocenters. The van der Waals surface area contributed by atoms with E-state index < -0.39 is 126 Å². The van der Waals surface area contributed by atoms with Crippen LogP contribution in [0.1, 0.15) is 22.3 Å². The van der Waals surface area contributed by atoms with Gasteiger partial charge >= 0.3 is 0 Å². The molecule has 0 aliphatic heterocycles. The van der Waals surface area contributed by atoms with Crippen LogP contribution in [0.2, 0.25) is 0 Å². The van der Waals surface area contributed by atoms with Crippen LogP contribution >= 0.6 is 0 Å². The average molecular weight is 524 g/mol. The van der Waals surface area contributed by atoms with Gasteiger partial charge in [0.2, 0.25) is 0 Å². The maximum atomic E-state index is 15.1. The number of hydrogen-bond donors (Lipinski definition) is 0. The predicted octanol–water partition coefficient (Wildman–Crippen LogP) is 5.04. The van der Waals surface area contributed by atoms with Gasteiger partial charge < -0.3 is 0 Å². The molecule has 0 aromatic heterocycles. The molecular weight excluding hydrogens is 520 g/mol. The summed E-state index contributed by atoms with van der Waals surface area (Å²) in [6.45, 7) is 14.8. The molecule has 0 saturated heterocycles. The fourth-order valence-corrected chi connectivity index (χ4v) is 5.12. The SMILES string of the molecule is [C-]#[N+]/C(C#N)=c1/c2c(/c(=C(\C#N)[N+]#[C-])c3c1-c1c(F)c(F)c(F)c(F)c1C3)-c1c(F)c(F)c(F)c(F)c1C2. The normalized spacial score (nSPS) is 13.8. The molecule has 5 rings (SSSR count). The first-order valence-corrected chi connectivity index (χ1v) is 10.3. The molecule has 12 heteroatoms. The third-order valence-corrected chi connectivity index (χ3v) is 6.55. The van der Waals surface area contributed by atoms with E-state index in [1.54, 1.807) is 0 Å². The van der Waals surface area contributed by atoms with E-state index in [9.17, 15) is 36.9 Å². The molecule has 2 aliphatic rings. The van der Waals surface area contributed by atoms with E-state index in [0.29, 0.717) is 0 Å². The topological polar surface area (TPSA) is 56.3 Å². The van der Waals surface area contributed by atoms with E-state index >= 15 is 8.78 Å². The molecule has 184 valence electrons. The van der Waals surface area contributed by atoms with Gasteiger partial charge in [0.1, 0.15) is 0 Å². The van der Waals surface area contributed by atoms with Crippen molar-refractivity contribution < 1.29 is 35.1 Å². The first kappa shape index (κ1) is 24.5. The molecule has 0 N–H and O–H groups in total. The van der Waals surface area contributed by atoms with Crippen LogP contribution in [0.15, 0.2) is 0 Å². The van der Waals surface area contributed by atoms with Gasteiger partial charge in [-0.25, -0.2) is 55.3 Å². The summed E-state index contributed by atoms with van der Waals surface area (Å²) < 4.78 is 117. The third-order valence-electron chi connectivity index (χ3n) is 6.55. The van der Waals surface area contributed by atoms with Crippen molar-refractivity contribution in [2.75, 3.05) is 0 Å². The monoisotopic (exact) mass is 524 g/mol. The molecule has 0 radical (unpaired) electrons. The van der Waals surface area contributed by atoms with Gasteiger partial charge in [-0.3, -0.25) is 0 Å². The van der Waals surface area contributed by atoms with Crippen LogP contribution in [-0.2, 0) is 12.8 Å². The van der Waals surface area contributed by atoms with Gasteiger partial charge in [-0.2, -0.15) is 0 Å². The Morgan fingerprint density at radius 1 is 0.500 bits per heavy atom. The summed E-state index contributed by atoms with van der Waals surface area (Å²) in [4.78, 5) is 6.02. The smallest absolute Gasteiger partial charge is 0.226 e. The van der Waals surface area contributed by atoms with Crippen LogP contribution in [0.4, 0.5) is 35.1 Å². The van der Waals surface area contributed by atoms with Crippen LogP contribution in [0, 0.1) is 82.3 Å². The minimum Gasteiger partial charge on any atom is -0.226 e. The van der Waals surface area contributed by atoms with Crippen molar-refractivity contribution in [1.82, 2.24) is 0 Å². The standard InChI is InChI=1S/C26H4F8N4/c1-37-11(5-35)13-7-3-9-18(22(30)26(34)23(31)19(9)27)16(7)14(12(6-36)38-2)8-4-10-17(15(8)13)21(29)25(33)24(32)20(10)28/h3-4H2/b13-11-,14-12+. The molecule has 0 heterocycles. The highest BCUT2D eigenvalue weighted by Gasteiger charge is 2.40. The summed E-state index contributed by atoms with van der Waals surface area (Å²) in [5.41, 5.74) is -7.16. The zero-order valence-electron chi connectivity index (χ0n) is 18.2. The van der Waals surface area contributed by atoms with Crippen molar-refractivity contribution in [3.8, 4) is 34.4 Å². The minimum atomic E-state index is -2.23. The first-order chi connectivity index (χ1) is 18.0. The maximum Gasteiger partial charge on any atom is 0.269 e. The largest absolute Gasteiger partial charge is 0.269 e. The zero-order chi connectivity index (χ0) is 27.8. The molecule has 3 aromatic carbocycles. The highest BCUT2D eigenvalue weighted by molar-refractivity contribution is 5.93. The summed E-state index contributed by atoms with van der Waals surface area (Å²) >= 11 is 0. The van der Waals surface area contributed by atoms with Crippen molar-refractivity contribution >= 4 is 11.4 Å². The van der Waals surface area contributed by atoms with Crippen molar-refractivity contribution in [3.05, 3.63) is 102 Å². The molecule has 0 saturated carbocycles. The Hall–Kier alpha value is -5.20. The lowest BCUT2D eigenvalue weighted by Crippen LogP contribution is -2.26. The minimum absolute atomic E-state index is 0.419. The van der Waals surface area contributed by atoms with Gasteiger partial charge in [0, 0.05) is 45.5 Å². The van der Waals surface area contributed by atoms with E-state index in [0.717, 1.165) is 0 Å². The second-order valence-electron chi connectivity index (χ2n) is 8.17. The van der Waals surface area contributed by atoms with E-state index in [4.69, 9.17) is 13.1 Å².